The van der Waals surface area contributed by atoms with E-state index in [9.17, 15) is 20.1 Å². The molecular formula is C47H71NO13. The van der Waals surface area contributed by atoms with Gasteiger partial charge in [-0.25, -0.2) is 0 Å². The van der Waals surface area contributed by atoms with Gasteiger partial charge in [-0.3, -0.25) is 10.1 Å². The maximum absolute atomic E-state index is 12.2. The number of nitrogens with one attached hydrogen (secondary N) is 1. The van der Waals surface area contributed by atoms with Crippen molar-refractivity contribution in [1.29, 1.82) is 0 Å². The molecule has 3 spiro atoms. The molecule has 20 atom stereocenters. The van der Waals surface area contributed by atoms with Gasteiger partial charge in [-0.1, -0.05) is 58.9 Å². The largest absolute Gasteiger partial charge is 0.481 e. The molecule has 342 valence electrons. The highest BCUT2D eigenvalue weighted by atomic mass is 16.8. The van der Waals surface area contributed by atoms with Gasteiger partial charge in [0.1, 0.15) is 17.9 Å². The first-order chi connectivity index (χ1) is 28.8. The fraction of sp³-hybridized carbons (Fsp3) is 0.851. The van der Waals surface area contributed by atoms with Gasteiger partial charge in [0.15, 0.2) is 23.1 Å². The summed E-state index contributed by atoms with van der Waals surface area (Å²) >= 11 is 0. The quantitative estimate of drug-likeness (QED) is 0.187. The van der Waals surface area contributed by atoms with Crippen LogP contribution in [0.4, 0.5) is 0 Å². The first-order valence-corrected chi connectivity index (χ1v) is 23.3. The van der Waals surface area contributed by atoms with Crippen molar-refractivity contribution in [3.05, 3.63) is 36.0 Å². The fourth-order valence-corrected chi connectivity index (χ4v) is 12.8. The van der Waals surface area contributed by atoms with Crippen LogP contribution in [0.3, 0.4) is 0 Å². The van der Waals surface area contributed by atoms with Crippen molar-refractivity contribution in [3.63, 3.8) is 0 Å². The van der Waals surface area contributed by atoms with Crippen LogP contribution >= 0.6 is 0 Å². The summed E-state index contributed by atoms with van der Waals surface area (Å²) in [4.78, 5) is 11.0. The summed E-state index contributed by atoms with van der Waals surface area (Å²) in [7, 11) is 0. The Morgan fingerprint density at radius 2 is 1.70 bits per heavy atom. The van der Waals surface area contributed by atoms with Crippen molar-refractivity contribution >= 4 is 5.97 Å². The molecule has 8 fully saturated rings. The molecule has 61 heavy (non-hydrogen) atoms. The van der Waals surface area contributed by atoms with Gasteiger partial charge in [0.05, 0.1) is 48.8 Å². The van der Waals surface area contributed by atoms with Crippen molar-refractivity contribution in [2.75, 3.05) is 6.54 Å². The highest BCUT2D eigenvalue weighted by Crippen LogP contribution is 2.55. The van der Waals surface area contributed by atoms with Gasteiger partial charge in [-0.05, 0) is 68.4 Å². The van der Waals surface area contributed by atoms with Crippen LogP contribution in [0, 0.1) is 29.6 Å². The predicted octanol–water partition coefficient (Wildman–Crippen LogP) is 5.37. The van der Waals surface area contributed by atoms with E-state index in [4.69, 9.17) is 43.0 Å². The number of aliphatic hydroxyl groups excluding tert-OH is 2. The molecule has 9 aliphatic heterocycles. The average Bonchev–Trinajstić information content (AvgIpc) is 3.86. The number of hydrogen-bond acceptors (Lipinski definition) is 13. The molecule has 8 saturated heterocycles. The van der Waals surface area contributed by atoms with Crippen LogP contribution in [0.5, 0.6) is 0 Å². The zero-order chi connectivity index (χ0) is 43.3. The van der Waals surface area contributed by atoms with Crippen molar-refractivity contribution < 1.29 is 63.1 Å². The second-order valence-electron chi connectivity index (χ2n) is 21.0. The van der Waals surface area contributed by atoms with E-state index in [2.05, 4.69) is 46.5 Å². The van der Waals surface area contributed by atoms with E-state index >= 15 is 0 Å². The van der Waals surface area contributed by atoms with Crippen LogP contribution in [0.2, 0.25) is 0 Å². The molecule has 0 aromatic carbocycles. The number of aliphatic carboxylic acids is 1. The van der Waals surface area contributed by atoms with Crippen molar-refractivity contribution in [2.24, 2.45) is 29.6 Å². The van der Waals surface area contributed by atoms with E-state index in [0.29, 0.717) is 74.7 Å². The van der Waals surface area contributed by atoms with Gasteiger partial charge >= 0.3 is 5.97 Å². The van der Waals surface area contributed by atoms with Gasteiger partial charge in [0.25, 0.3) is 0 Å². The summed E-state index contributed by atoms with van der Waals surface area (Å²) < 4.78 is 53.8. The lowest BCUT2D eigenvalue weighted by Gasteiger charge is -2.53. The Kier molecular flexibility index (Phi) is 11.8. The Labute approximate surface area is 360 Å². The number of piperidine rings is 1. The number of carboxylic acids is 1. The molecule has 0 aromatic heterocycles. The Balaban J connectivity index is 0.851. The highest BCUT2D eigenvalue weighted by molar-refractivity contribution is 5.66. The molecule has 0 radical (unpaired) electrons. The Morgan fingerprint density at radius 1 is 0.918 bits per heavy atom. The maximum atomic E-state index is 12.2. The molecule has 9 heterocycles. The third kappa shape index (κ3) is 8.26. The lowest BCUT2D eigenvalue weighted by Crippen LogP contribution is -2.61. The molecule has 14 nitrogen and oxygen atoms in total. The first kappa shape index (κ1) is 44.4. The second kappa shape index (κ2) is 16.3. The molecule has 0 amide bonds. The van der Waals surface area contributed by atoms with Gasteiger partial charge in [-0.2, -0.15) is 0 Å². The number of ether oxygens (including phenoxy) is 8. The van der Waals surface area contributed by atoms with Crippen LogP contribution in [-0.2, 0) is 42.7 Å². The molecule has 0 aromatic rings. The third-order valence-electron chi connectivity index (χ3n) is 15.8. The number of hydrogen-bond donors (Lipinski definition) is 5. The fourth-order valence-electron chi connectivity index (χ4n) is 12.8. The molecule has 9 aliphatic rings. The smallest absolute Gasteiger partial charge is 0.303 e. The molecule has 9 rings (SSSR count). The van der Waals surface area contributed by atoms with Gasteiger partial charge in [0, 0.05) is 69.7 Å². The van der Waals surface area contributed by atoms with E-state index in [0.717, 1.165) is 31.4 Å². The van der Waals surface area contributed by atoms with E-state index < -0.39 is 71.3 Å². The SMILES string of the molecule is C=C(C[C@]12C[C@H](C)C[C@@H](O1)[C@@H]1O[C@@]3(C[C@@H]1O2)NC[C@@H](C)C[C@H]3C)[C@H]1O[C@@](O)([C@@H](O)[C@H]2C[C@@H]3O[C@@]4(CC[C@]5(C=C(C)C[C@@H](/C=C/CCC(=O)O)O5)O4)[C@@H](C)C[C@@H]3O2)CC(O)[C@@H]1C. The Morgan fingerprint density at radius 3 is 2.48 bits per heavy atom. The van der Waals surface area contributed by atoms with Crippen molar-refractivity contribution in [2.45, 2.75) is 215 Å². The average molecular weight is 858 g/mol. The molecule has 14 heteroatoms. The summed E-state index contributed by atoms with van der Waals surface area (Å²) in [6, 6.07) is 0. The standard InChI is InChI=1S/C47H71NO13/c1-25-15-32(10-8-9-11-39(50)51)55-43(19-25)12-13-47(61-43)30(6)17-34-35(58-47)18-37(54-34)42(52)46(53)22-33(49)31(7)40(60-46)28(4)21-44-20-26(2)16-36(56-44)41-38(57-44)23-45(59-41)29(5)14-27(3)24-48-45/h8,10,19,26-27,29-38,40-42,48-49,52-53H,4,9,11-18,20-24H2,1-3,5-7H3,(H,50,51)/b10-8+/t26-,27+,29-,30+,31+,32-,33?,34+,35+,36-,37-,38+,40-,41+,42+,43-,44-,45-,46-,47-/m1/s1. The first-order valence-electron chi connectivity index (χ1n) is 23.3. The second-order valence-corrected chi connectivity index (χ2v) is 21.0. The lowest BCUT2D eigenvalue weighted by atomic mass is 9.78. The normalized spacial score (nSPS) is 52.4. The maximum Gasteiger partial charge on any atom is 0.303 e. The number of carbonyl (C=O) groups is 1. The van der Waals surface area contributed by atoms with Crippen LogP contribution < -0.4 is 5.32 Å². The van der Waals surface area contributed by atoms with Crippen LogP contribution in [0.15, 0.2) is 36.0 Å². The van der Waals surface area contributed by atoms with Crippen molar-refractivity contribution in [3.8, 4) is 0 Å². The number of fused-ring (bicyclic) bond motifs is 5. The number of rotatable bonds is 9. The number of aliphatic hydroxyl groups is 3. The van der Waals surface area contributed by atoms with Crippen LogP contribution in [0.1, 0.15) is 125 Å². The minimum Gasteiger partial charge on any atom is -0.481 e. The number of carboxylic acid groups (broad SMARTS) is 1. The zero-order valence-corrected chi connectivity index (χ0v) is 37.0. The lowest BCUT2D eigenvalue weighted by molar-refractivity contribution is -0.367. The number of allylic oxidation sites excluding steroid dienone is 1. The molecular weight excluding hydrogens is 787 g/mol. The highest BCUT2D eigenvalue weighted by Gasteiger charge is 2.64. The summed E-state index contributed by atoms with van der Waals surface area (Å²) in [6.45, 7) is 18.2. The van der Waals surface area contributed by atoms with Gasteiger partial charge in [0.2, 0.25) is 0 Å². The molecule has 0 saturated carbocycles. The van der Waals surface area contributed by atoms with Crippen LogP contribution in [0.25, 0.3) is 0 Å². The van der Waals surface area contributed by atoms with Gasteiger partial charge in [-0.15, -0.1) is 0 Å². The third-order valence-corrected chi connectivity index (χ3v) is 15.8. The summed E-state index contributed by atoms with van der Waals surface area (Å²) in [5.74, 6) is -5.06. The molecule has 5 N–H and O–H groups in total. The van der Waals surface area contributed by atoms with Gasteiger partial charge < -0.3 is 58.3 Å². The Bertz CT molecular complexity index is 1740. The predicted molar refractivity (Wildman–Crippen MR) is 220 cm³/mol. The monoisotopic (exact) mass is 857 g/mol. The molecule has 2 bridgehead atoms. The summed E-state index contributed by atoms with van der Waals surface area (Å²) in [6.07, 6.45) is 7.11. The summed E-state index contributed by atoms with van der Waals surface area (Å²) in [5, 5.41) is 48.4. The molecule has 1 unspecified atom stereocenters. The van der Waals surface area contributed by atoms with Crippen LogP contribution in [-0.4, -0.2) is 123 Å². The van der Waals surface area contributed by atoms with E-state index in [1.807, 2.05) is 25.2 Å². The molecule has 0 aliphatic carbocycles. The Hall–Kier alpha value is -1.79. The minimum atomic E-state index is -2.12. The topological polar surface area (TPSA) is 184 Å². The van der Waals surface area contributed by atoms with E-state index in [1.165, 1.54) is 0 Å². The van der Waals surface area contributed by atoms with E-state index in [-0.39, 0.29) is 49.3 Å². The van der Waals surface area contributed by atoms with Crippen molar-refractivity contribution in [1.82, 2.24) is 5.32 Å². The van der Waals surface area contributed by atoms with E-state index in [1.54, 1.807) is 0 Å². The summed E-state index contributed by atoms with van der Waals surface area (Å²) in [5.41, 5.74) is 1.33. The zero-order valence-electron chi connectivity index (χ0n) is 37.0. The minimum absolute atomic E-state index is 0.0634.